The van der Waals surface area contributed by atoms with E-state index in [1.807, 2.05) is 0 Å². The van der Waals surface area contributed by atoms with Gasteiger partial charge in [0, 0.05) is 0 Å². The summed E-state index contributed by atoms with van der Waals surface area (Å²) in [5.41, 5.74) is 3.32. The molecule has 3 atom stereocenters. The molecule has 0 aromatic heterocycles. The number of rotatable bonds is 1. The minimum atomic E-state index is 0.903. The third kappa shape index (κ3) is 1.51. The summed E-state index contributed by atoms with van der Waals surface area (Å²) in [5, 5.41) is 0. The average molecular weight is 200 g/mol. The molecule has 1 aromatic carbocycles. The predicted octanol–water partition coefficient (Wildman–Crippen LogP) is 4.15. The van der Waals surface area contributed by atoms with Crippen molar-refractivity contribution in [3.8, 4) is 0 Å². The molecule has 2 aliphatic carbocycles. The Kier molecular flexibility index (Phi) is 2.31. The van der Waals surface area contributed by atoms with Gasteiger partial charge < -0.3 is 0 Å². The van der Waals surface area contributed by atoms with E-state index >= 15 is 0 Å². The third-order valence-corrected chi connectivity index (χ3v) is 4.62. The summed E-state index contributed by atoms with van der Waals surface area (Å²) < 4.78 is 0. The van der Waals surface area contributed by atoms with E-state index in [-0.39, 0.29) is 0 Å². The second kappa shape index (κ2) is 3.66. The van der Waals surface area contributed by atoms with Crippen LogP contribution in [0.4, 0.5) is 0 Å². The van der Waals surface area contributed by atoms with E-state index < -0.39 is 0 Å². The van der Waals surface area contributed by atoms with Crippen LogP contribution in [0.15, 0.2) is 24.3 Å². The molecule has 1 aromatic rings. The van der Waals surface area contributed by atoms with Crippen LogP contribution in [-0.2, 0) is 6.42 Å². The molecule has 3 unspecified atom stereocenters. The highest BCUT2D eigenvalue weighted by Gasteiger charge is 2.36. The molecule has 80 valence electrons. The molecule has 3 rings (SSSR count). The molecule has 0 bridgehead atoms. The van der Waals surface area contributed by atoms with Crippen molar-refractivity contribution >= 4 is 0 Å². The van der Waals surface area contributed by atoms with Gasteiger partial charge in [-0.1, -0.05) is 44.0 Å². The first-order valence-corrected chi connectivity index (χ1v) is 6.46. The van der Waals surface area contributed by atoms with Gasteiger partial charge in [-0.05, 0) is 48.1 Å². The van der Waals surface area contributed by atoms with Gasteiger partial charge in [0.25, 0.3) is 0 Å². The summed E-state index contributed by atoms with van der Waals surface area (Å²) in [6.45, 7) is 2.35. The van der Waals surface area contributed by atoms with Crippen molar-refractivity contribution in [3.05, 3.63) is 35.4 Å². The highest BCUT2D eigenvalue weighted by molar-refractivity contribution is 5.36. The Hall–Kier alpha value is -0.780. The lowest BCUT2D eigenvalue weighted by Gasteiger charge is -2.31. The SMILES string of the molecule is CCC1CCC2Cc3ccccc3C2C1. The summed E-state index contributed by atoms with van der Waals surface area (Å²) in [7, 11) is 0. The number of benzene rings is 1. The third-order valence-electron chi connectivity index (χ3n) is 4.62. The minimum Gasteiger partial charge on any atom is -0.0651 e. The summed E-state index contributed by atoms with van der Waals surface area (Å²) in [4.78, 5) is 0. The Morgan fingerprint density at radius 1 is 1.20 bits per heavy atom. The van der Waals surface area contributed by atoms with E-state index in [9.17, 15) is 0 Å². The molecular formula is C15H20. The van der Waals surface area contributed by atoms with Crippen molar-refractivity contribution in [3.63, 3.8) is 0 Å². The Morgan fingerprint density at radius 3 is 2.93 bits per heavy atom. The molecular weight excluding hydrogens is 180 g/mol. The first-order chi connectivity index (χ1) is 7.38. The average Bonchev–Trinajstić information content (AvgIpc) is 2.66. The van der Waals surface area contributed by atoms with Gasteiger partial charge in [0.15, 0.2) is 0 Å². The molecule has 1 fully saturated rings. The van der Waals surface area contributed by atoms with Crippen LogP contribution in [0.1, 0.15) is 49.7 Å². The predicted molar refractivity (Wildman–Crippen MR) is 64.0 cm³/mol. The largest absolute Gasteiger partial charge is 0.0651 e. The summed E-state index contributed by atoms with van der Waals surface area (Å²) in [6, 6.07) is 9.14. The van der Waals surface area contributed by atoms with E-state index in [1.54, 1.807) is 11.1 Å². The minimum absolute atomic E-state index is 0.903. The maximum absolute atomic E-state index is 2.37. The highest BCUT2D eigenvalue weighted by Crippen LogP contribution is 2.48. The van der Waals surface area contributed by atoms with Gasteiger partial charge in [-0.3, -0.25) is 0 Å². The lowest BCUT2D eigenvalue weighted by molar-refractivity contribution is 0.246. The zero-order valence-corrected chi connectivity index (χ0v) is 9.58. The normalized spacial score (nSPS) is 33.5. The molecule has 0 N–H and O–H groups in total. The topological polar surface area (TPSA) is 0 Å². The molecule has 0 radical (unpaired) electrons. The van der Waals surface area contributed by atoms with Crippen LogP contribution in [-0.4, -0.2) is 0 Å². The lowest BCUT2D eigenvalue weighted by atomic mass is 9.73. The molecule has 0 amide bonds. The smallest absolute Gasteiger partial charge is 0.0125 e. The zero-order chi connectivity index (χ0) is 10.3. The van der Waals surface area contributed by atoms with Gasteiger partial charge in [-0.15, -0.1) is 0 Å². The molecule has 0 saturated heterocycles. The summed E-state index contributed by atoms with van der Waals surface area (Å²) >= 11 is 0. The van der Waals surface area contributed by atoms with E-state index in [4.69, 9.17) is 0 Å². The first-order valence-electron chi connectivity index (χ1n) is 6.46. The summed E-state index contributed by atoms with van der Waals surface area (Å²) in [5.74, 6) is 2.88. The van der Waals surface area contributed by atoms with Crippen molar-refractivity contribution < 1.29 is 0 Å². The molecule has 0 heterocycles. The Labute approximate surface area is 92.7 Å². The van der Waals surface area contributed by atoms with Crippen molar-refractivity contribution in [1.82, 2.24) is 0 Å². The second-order valence-electron chi connectivity index (χ2n) is 5.36. The Morgan fingerprint density at radius 2 is 2.07 bits per heavy atom. The fourth-order valence-corrected chi connectivity index (χ4v) is 3.68. The molecule has 1 saturated carbocycles. The van der Waals surface area contributed by atoms with Crippen LogP contribution >= 0.6 is 0 Å². The standard InChI is InChI=1S/C15H20/c1-2-11-7-8-13-10-12-5-3-4-6-14(12)15(13)9-11/h3-6,11,13,15H,2,7-10H2,1H3. The second-order valence-corrected chi connectivity index (χ2v) is 5.36. The number of fused-ring (bicyclic) bond motifs is 3. The van der Waals surface area contributed by atoms with Gasteiger partial charge in [0.1, 0.15) is 0 Å². The maximum Gasteiger partial charge on any atom is -0.0125 e. The first kappa shape index (κ1) is 9.45. The fourth-order valence-electron chi connectivity index (χ4n) is 3.68. The van der Waals surface area contributed by atoms with Crippen LogP contribution in [0.25, 0.3) is 0 Å². The quantitative estimate of drug-likeness (QED) is 0.638. The van der Waals surface area contributed by atoms with Crippen molar-refractivity contribution in [2.24, 2.45) is 11.8 Å². The van der Waals surface area contributed by atoms with Gasteiger partial charge >= 0.3 is 0 Å². The zero-order valence-electron chi connectivity index (χ0n) is 9.58. The van der Waals surface area contributed by atoms with E-state index in [0.717, 1.165) is 17.8 Å². The van der Waals surface area contributed by atoms with Gasteiger partial charge in [-0.25, -0.2) is 0 Å². The van der Waals surface area contributed by atoms with Crippen molar-refractivity contribution in [2.75, 3.05) is 0 Å². The van der Waals surface area contributed by atoms with Gasteiger partial charge in [0.2, 0.25) is 0 Å². The van der Waals surface area contributed by atoms with Crippen molar-refractivity contribution in [1.29, 1.82) is 0 Å². The van der Waals surface area contributed by atoms with Crippen molar-refractivity contribution in [2.45, 2.75) is 44.9 Å². The Bertz CT molecular complexity index is 353. The highest BCUT2D eigenvalue weighted by atomic mass is 14.4. The number of hydrogen-bond acceptors (Lipinski definition) is 0. The molecule has 2 aliphatic rings. The molecule has 0 nitrogen and oxygen atoms in total. The number of hydrogen-bond donors (Lipinski definition) is 0. The van der Waals surface area contributed by atoms with E-state index in [2.05, 4.69) is 31.2 Å². The molecule has 15 heavy (non-hydrogen) atoms. The van der Waals surface area contributed by atoms with Crippen LogP contribution in [0.2, 0.25) is 0 Å². The maximum atomic E-state index is 2.37. The van der Waals surface area contributed by atoms with Crippen LogP contribution in [0.3, 0.4) is 0 Å². The lowest BCUT2D eigenvalue weighted by Crippen LogP contribution is -2.19. The Balaban J connectivity index is 1.89. The molecule has 0 heteroatoms. The summed E-state index contributed by atoms with van der Waals surface area (Å²) in [6.07, 6.45) is 7.14. The molecule has 0 spiro atoms. The van der Waals surface area contributed by atoms with Crippen LogP contribution in [0.5, 0.6) is 0 Å². The van der Waals surface area contributed by atoms with Gasteiger partial charge in [0.05, 0.1) is 0 Å². The molecule has 0 aliphatic heterocycles. The van der Waals surface area contributed by atoms with Crippen LogP contribution < -0.4 is 0 Å². The fraction of sp³-hybridized carbons (Fsp3) is 0.600. The van der Waals surface area contributed by atoms with Crippen LogP contribution in [0, 0.1) is 11.8 Å². The van der Waals surface area contributed by atoms with E-state index in [1.165, 1.54) is 32.1 Å². The monoisotopic (exact) mass is 200 g/mol. The van der Waals surface area contributed by atoms with Gasteiger partial charge in [-0.2, -0.15) is 0 Å². The van der Waals surface area contributed by atoms with E-state index in [0.29, 0.717) is 0 Å².